The second-order valence-corrected chi connectivity index (χ2v) is 9.40. The lowest BCUT2D eigenvalue weighted by Crippen LogP contribution is -2.60. The number of rotatable bonds is 7. The average Bonchev–Trinajstić information content (AvgIpc) is 2.86. The fourth-order valence-corrected chi connectivity index (χ4v) is 4.81. The molecule has 0 unspecified atom stereocenters. The van der Waals surface area contributed by atoms with Crippen molar-refractivity contribution in [2.45, 2.75) is 38.0 Å². The number of hydrogen-bond acceptors (Lipinski definition) is 9. The first-order valence-electron chi connectivity index (χ1n) is 11.9. The number of anilines is 1. The molecule has 0 spiro atoms. The van der Waals surface area contributed by atoms with Crippen LogP contribution in [0.3, 0.4) is 0 Å². The van der Waals surface area contributed by atoms with Crippen LogP contribution in [0.15, 0.2) is 30.5 Å². The van der Waals surface area contributed by atoms with E-state index in [1.807, 2.05) is 6.07 Å². The number of amides is 1. The molecule has 5 heterocycles. The molecule has 3 aromatic heterocycles. The standard InChI is InChI=1S/C25H29FN6O4.2ClH/c1-25(34)14-32(9-7-16-17(26)12-27-18-4-6-22(35-2)31-23(16)18)10-8-20(25)28-11-15-3-5-19-24(29-15)30-21(33)13-36-19;;/h3-6,12,20,28,34H,7-11,13-14H2,1-2H3,(H,29,30,33);2*1H/t20-,25+;;/m0../s1. The van der Waals surface area contributed by atoms with Crippen LogP contribution in [0.25, 0.3) is 11.0 Å². The predicted molar refractivity (Wildman–Crippen MR) is 145 cm³/mol. The number of nitrogens with zero attached hydrogens (tertiary/aromatic N) is 4. The van der Waals surface area contributed by atoms with Crippen molar-refractivity contribution in [3.8, 4) is 11.6 Å². The second-order valence-electron chi connectivity index (χ2n) is 9.40. The third kappa shape index (κ3) is 6.41. The average molecular weight is 569 g/mol. The Morgan fingerprint density at radius 1 is 1.29 bits per heavy atom. The summed E-state index contributed by atoms with van der Waals surface area (Å²) in [4.78, 5) is 26.7. The molecule has 1 saturated heterocycles. The van der Waals surface area contributed by atoms with Gasteiger partial charge in [0.1, 0.15) is 5.82 Å². The third-order valence-corrected chi connectivity index (χ3v) is 6.72. The molecule has 206 valence electrons. The topological polar surface area (TPSA) is 122 Å². The van der Waals surface area contributed by atoms with Gasteiger partial charge in [0.15, 0.2) is 18.2 Å². The van der Waals surface area contributed by atoms with Gasteiger partial charge in [0.05, 0.1) is 35.6 Å². The van der Waals surface area contributed by atoms with Gasteiger partial charge in [0, 0.05) is 37.3 Å². The molecule has 0 radical (unpaired) electrons. The van der Waals surface area contributed by atoms with Gasteiger partial charge in [-0.15, -0.1) is 24.8 Å². The first-order chi connectivity index (χ1) is 17.3. The number of aromatic nitrogens is 3. The number of ether oxygens (including phenoxy) is 2. The summed E-state index contributed by atoms with van der Waals surface area (Å²) in [5.74, 6) is 0.741. The van der Waals surface area contributed by atoms with Gasteiger partial charge >= 0.3 is 0 Å². The van der Waals surface area contributed by atoms with Crippen molar-refractivity contribution in [2.24, 2.45) is 0 Å². The number of halogens is 3. The summed E-state index contributed by atoms with van der Waals surface area (Å²) in [6.07, 6.45) is 2.37. The molecule has 0 aliphatic carbocycles. The predicted octanol–water partition coefficient (Wildman–Crippen LogP) is 2.50. The minimum atomic E-state index is -0.996. The summed E-state index contributed by atoms with van der Waals surface area (Å²) in [6.45, 7) is 3.99. The molecule has 2 atom stereocenters. The molecule has 2 aliphatic rings. The third-order valence-electron chi connectivity index (χ3n) is 6.72. The molecule has 13 heteroatoms. The van der Waals surface area contributed by atoms with E-state index < -0.39 is 11.4 Å². The highest BCUT2D eigenvalue weighted by Crippen LogP contribution is 2.27. The normalized spacial score (nSPS) is 20.9. The number of piperidine rings is 1. The summed E-state index contributed by atoms with van der Waals surface area (Å²) in [7, 11) is 1.52. The van der Waals surface area contributed by atoms with Gasteiger partial charge in [0.2, 0.25) is 5.88 Å². The van der Waals surface area contributed by atoms with Gasteiger partial charge < -0.3 is 30.1 Å². The zero-order valence-corrected chi connectivity index (χ0v) is 22.7. The van der Waals surface area contributed by atoms with Crippen molar-refractivity contribution < 1.29 is 23.8 Å². The lowest BCUT2D eigenvalue weighted by Gasteiger charge is -2.43. The number of likely N-dealkylation sites (tertiary alicyclic amines) is 1. The molecule has 38 heavy (non-hydrogen) atoms. The van der Waals surface area contributed by atoms with Crippen LogP contribution >= 0.6 is 24.8 Å². The maximum absolute atomic E-state index is 14.7. The SMILES string of the molecule is COc1ccc2ncc(F)c(CCN3CC[C@H](NCc4ccc5c(n4)NC(=O)CO5)[C@](C)(O)C3)c2n1.Cl.Cl. The van der Waals surface area contributed by atoms with Crippen LogP contribution in [0.2, 0.25) is 0 Å². The molecular weight excluding hydrogens is 538 g/mol. The van der Waals surface area contributed by atoms with Gasteiger partial charge in [-0.2, -0.15) is 0 Å². The van der Waals surface area contributed by atoms with E-state index in [-0.39, 0.29) is 43.4 Å². The lowest BCUT2D eigenvalue weighted by atomic mass is 9.88. The van der Waals surface area contributed by atoms with Crippen molar-refractivity contribution in [2.75, 3.05) is 38.7 Å². The Morgan fingerprint density at radius 2 is 2.11 bits per heavy atom. The minimum absolute atomic E-state index is 0. The zero-order chi connectivity index (χ0) is 25.3. The van der Waals surface area contributed by atoms with Crippen molar-refractivity contribution in [1.29, 1.82) is 0 Å². The van der Waals surface area contributed by atoms with E-state index in [9.17, 15) is 14.3 Å². The van der Waals surface area contributed by atoms with Gasteiger partial charge in [-0.25, -0.2) is 14.4 Å². The number of aliphatic hydroxyl groups is 1. The molecule has 2 aliphatic heterocycles. The largest absolute Gasteiger partial charge is 0.481 e. The van der Waals surface area contributed by atoms with E-state index in [1.54, 1.807) is 25.1 Å². The Bertz CT molecular complexity index is 1300. The number of carbonyl (C=O) groups is 1. The number of fused-ring (bicyclic) bond motifs is 2. The van der Waals surface area contributed by atoms with Crippen LogP contribution in [0.5, 0.6) is 11.6 Å². The first kappa shape index (κ1) is 29.7. The fourth-order valence-electron chi connectivity index (χ4n) is 4.81. The van der Waals surface area contributed by atoms with E-state index in [2.05, 4.69) is 30.5 Å². The number of hydrogen-bond donors (Lipinski definition) is 3. The zero-order valence-electron chi connectivity index (χ0n) is 21.1. The molecular formula is C25H31Cl2FN6O4. The Balaban J connectivity index is 0.00000200. The van der Waals surface area contributed by atoms with Crippen LogP contribution in [0.4, 0.5) is 10.2 Å². The Labute approximate surface area is 232 Å². The fraction of sp³-hybridized carbons (Fsp3) is 0.440. The molecule has 0 bridgehead atoms. The van der Waals surface area contributed by atoms with Gasteiger partial charge in [-0.05, 0) is 44.5 Å². The van der Waals surface area contributed by atoms with Crippen molar-refractivity contribution in [3.63, 3.8) is 0 Å². The maximum atomic E-state index is 14.7. The molecule has 10 nitrogen and oxygen atoms in total. The molecule has 1 fully saturated rings. The summed E-state index contributed by atoms with van der Waals surface area (Å²) in [5.41, 5.74) is 1.35. The highest BCUT2D eigenvalue weighted by molar-refractivity contribution is 5.94. The van der Waals surface area contributed by atoms with Crippen LogP contribution < -0.4 is 20.1 Å². The monoisotopic (exact) mass is 568 g/mol. The van der Waals surface area contributed by atoms with E-state index >= 15 is 0 Å². The van der Waals surface area contributed by atoms with Gasteiger partial charge in [0.25, 0.3) is 5.91 Å². The highest BCUT2D eigenvalue weighted by Gasteiger charge is 2.37. The number of carbonyl (C=O) groups excluding carboxylic acids is 1. The van der Waals surface area contributed by atoms with E-state index in [0.717, 1.165) is 12.2 Å². The number of β-amino-alcohol motifs (C(OH)–C–C–N with tert-alkyl or cyclic N) is 1. The van der Waals surface area contributed by atoms with E-state index in [0.29, 0.717) is 66.5 Å². The minimum Gasteiger partial charge on any atom is -0.481 e. The number of pyridine rings is 3. The summed E-state index contributed by atoms with van der Waals surface area (Å²) in [6, 6.07) is 6.94. The van der Waals surface area contributed by atoms with Crippen molar-refractivity contribution >= 4 is 47.6 Å². The Morgan fingerprint density at radius 3 is 2.87 bits per heavy atom. The van der Waals surface area contributed by atoms with Crippen molar-refractivity contribution in [3.05, 3.63) is 47.5 Å². The van der Waals surface area contributed by atoms with E-state index in [1.165, 1.54) is 13.3 Å². The second kappa shape index (κ2) is 12.4. The molecule has 1 amide bonds. The summed E-state index contributed by atoms with van der Waals surface area (Å²) < 4.78 is 25.2. The number of nitrogens with one attached hydrogen (secondary N) is 2. The van der Waals surface area contributed by atoms with Gasteiger partial charge in [-0.1, -0.05) is 0 Å². The molecule has 3 N–H and O–H groups in total. The lowest BCUT2D eigenvalue weighted by molar-refractivity contribution is -0.118. The van der Waals surface area contributed by atoms with Crippen LogP contribution in [0.1, 0.15) is 24.6 Å². The molecule has 3 aromatic rings. The summed E-state index contributed by atoms with van der Waals surface area (Å²) >= 11 is 0. The molecule has 0 aromatic carbocycles. The van der Waals surface area contributed by atoms with Gasteiger partial charge in [-0.3, -0.25) is 9.78 Å². The first-order valence-corrected chi connectivity index (χ1v) is 11.9. The van der Waals surface area contributed by atoms with Crippen molar-refractivity contribution in [1.82, 2.24) is 25.2 Å². The van der Waals surface area contributed by atoms with Crippen LogP contribution in [-0.2, 0) is 17.8 Å². The highest BCUT2D eigenvalue weighted by atomic mass is 35.5. The van der Waals surface area contributed by atoms with Crippen LogP contribution in [0, 0.1) is 5.82 Å². The maximum Gasteiger partial charge on any atom is 0.263 e. The smallest absolute Gasteiger partial charge is 0.263 e. The molecule has 0 saturated carbocycles. The van der Waals surface area contributed by atoms with Crippen LogP contribution in [-0.4, -0.2) is 75.9 Å². The van der Waals surface area contributed by atoms with E-state index in [4.69, 9.17) is 9.47 Å². The quantitative estimate of drug-likeness (QED) is 0.394. The number of methoxy groups -OCH3 is 1. The Kier molecular flexibility index (Phi) is 9.66. The summed E-state index contributed by atoms with van der Waals surface area (Å²) in [5, 5.41) is 17.3. The molecule has 5 rings (SSSR count). The Hall–Kier alpha value is -2.83.